The van der Waals surface area contributed by atoms with Crippen molar-refractivity contribution in [2.45, 2.75) is 12.7 Å². The molecule has 1 unspecified atom stereocenters. The number of benzene rings is 1. The van der Waals surface area contributed by atoms with Gasteiger partial charge in [0, 0.05) is 17.7 Å². The Hall–Kier alpha value is -2.53. The van der Waals surface area contributed by atoms with Gasteiger partial charge in [-0.2, -0.15) is 0 Å². The Kier molecular flexibility index (Phi) is 2.79. The lowest BCUT2D eigenvalue weighted by Gasteiger charge is -2.21. The highest BCUT2D eigenvalue weighted by molar-refractivity contribution is 5.85. The molecule has 5 nitrogen and oxygen atoms in total. The number of hydrogen-bond donors (Lipinski definition) is 3. The Morgan fingerprint density at radius 3 is 2.81 bits per heavy atom. The van der Waals surface area contributed by atoms with Crippen molar-refractivity contribution in [1.29, 1.82) is 0 Å². The number of hydrogen-bond acceptors (Lipinski definition) is 4. The van der Waals surface area contributed by atoms with E-state index in [1.807, 2.05) is 42.7 Å². The number of nitrogens with one attached hydrogen (secondary N) is 2. The van der Waals surface area contributed by atoms with Crippen LogP contribution < -0.4 is 10.6 Å². The quantitative estimate of drug-likeness (QED) is 0.794. The zero-order valence-electron chi connectivity index (χ0n) is 11.5. The summed E-state index contributed by atoms with van der Waals surface area (Å²) in [5.41, 5.74) is 4.26. The van der Waals surface area contributed by atoms with Crippen LogP contribution in [0.25, 0.3) is 16.6 Å². The number of allylic oxidation sites excluding steroid dienone is 2. The summed E-state index contributed by atoms with van der Waals surface area (Å²) in [6.45, 7) is 0.630. The van der Waals surface area contributed by atoms with Gasteiger partial charge in [0.2, 0.25) is 0 Å². The van der Waals surface area contributed by atoms with Gasteiger partial charge in [-0.25, -0.2) is 4.98 Å². The van der Waals surface area contributed by atoms with Crippen molar-refractivity contribution in [3.63, 3.8) is 0 Å². The van der Waals surface area contributed by atoms with Gasteiger partial charge in [-0.05, 0) is 36.7 Å². The largest absolute Gasteiger partial charge is 0.395 e. The van der Waals surface area contributed by atoms with Crippen molar-refractivity contribution < 1.29 is 5.11 Å². The average molecular weight is 280 g/mol. The summed E-state index contributed by atoms with van der Waals surface area (Å²) in [4.78, 5) is 4.77. The number of para-hydroxylation sites is 2. The second-order valence-corrected chi connectivity index (χ2v) is 5.10. The molecule has 2 aliphatic rings. The lowest BCUT2D eigenvalue weighted by atomic mass is 10.0. The van der Waals surface area contributed by atoms with Gasteiger partial charge < -0.3 is 20.3 Å². The van der Waals surface area contributed by atoms with Crippen LogP contribution in [-0.2, 0) is 6.54 Å². The van der Waals surface area contributed by atoms with Gasteiger partial charge in [0.15, 0.2) is 0 Å². The number of aliphatic hydroxyl groups excluding tert-OH is 1. The zero-order valence-corrected chi connectivity index (χ0v) is 11.5. The Morgan fingerprint density at radius 2 is 1.95 bits per heavy atom. The molecule has 0 amide bonds. The summed E-state index contributed by atoms with van der Waals surface area (Å²) in [5, 5.41) is 15.9. The maximum atomic E-state index is 9.39. The SMILES string of the molecule is OCCn1c(C2=C3C=CNC3NC=C2)nc2ccccc21. The summed E-state index contributed by atoms with van der Waals surface area (Å²) >= 11 is 0. The number of aliphatic hydroxyl groups is 1. The van der Waals surface area contributed by atoms with Crippen molar-refractivity contribution in [1.82, 2.24) is 20.2 Å². The molecule has 1 aromatic carbocycles. The summed E-state index contributed by atoms with van der Waals surface area (Å²) in [5.74, 6) is 0.899. The molecule has 4 rings (SSSR count). The Bertz CT molecular complexity index is 785. The number of aromatic nitrogens is 2. The van der Waals surface area contributed by atoms with Gasteiger partial charge in [-0.1, -0.05) is 12.1 Å². The van der Waals surface area contributed by atoms with Gasteiger partial charge >= 0.3 is 0 Å². The first kappa shape index (κ1) is 12.2. The van der Waals surface area contributed by atoms with E-state index in [4.69, 9.17) is 4.98 Å². The smallest absolute Gasteiger partial charge is 0.141 e. The molecule has 0 saturated carbocycles. The number of rotatable bonds is 3. The molecule has 0 saturated heterocycles. The maximum Gasteiger partial charge on any atom is 0.141 e. The molecule has 1 aromatic heterocycles. The van der Waals surface area contributed by atoms with E-state index in [9.17, 15) is 5.11 Å². The summed E-state index contributed by atoms with van der Waals surface area (Å²) < 4.78 is 2.08. The summed E-state index contributed by atoms with van der Waals surface area (Å²) in [6.07, 6.45) is 8.09. The molecular formula is C16H16N4O. The Balaban J connectivity index is 1.95. The van der Waals surface area contributed by atoms with E-state index in [1.54, 1.807) is 0 Å². The third-order valence-corrected chi connectivity index (χ3v) is 3.88. The molecule has 2 aliphatic heterocycles. The third-order valence-electron chi connectivity index (χ3n) is 3.88. The van der Waals surface area contributed by atoms with Crippen LogP contribution in [0, 0.1) is 0 Å². The van der Waals surface area contributed by atoms with E-state index in [-0.39, 0.29) is 12.8 Å². The highest BCUT2D eigenvalue weighted by Crippen LogP contribution is 2.29. The van der Waals surface area contributed by atoms with Crippen molar-refractivity contribution in [2.24, 2.45) is 0 Å². The van der Waals surface area contributed by atoms with Gasteiger partial charge in [0.1, 0.15) is 12.0 Å². The van der Waals surface area contributed by atoms with Crippen LogP contribution >= 0.6 is 0 Å². The predicted molar refractivity (Wildman–Crippen MR) is 82.1 cm³/mol. The van der Waals surface area contributed by atoms with Crippen LogP contribution in [0.2, 0.25) is 0 Å². The van der Waals surface area contributed by atoms with Crippen molar-refractivity contribution in [2.75, 3.05) is 6.61 Å². The predicted octanol–water partition coefficient (Wildman–Crippen LogP) is 1.34. The van der Waals surface area contributed by atoms with Gasteiger partial charge in [-0.3, -0.25) is 0 Å². The molecule has 3 N–H and O–H groups in total. The number of fused-ring (bicyclic) bond motifs is 2. The molecule has 0 spiro atoms. The number of dihydropyridines is 1. The van der Waals surface area contributed by atoms with Crippen LogP contribution in [0.5, 0.6) is 0 Å². The van der Waals surface area contributed by atoms with Gasteiger partial charge in [0.05, 0.1) is 17.6 Å². The highest BCUT2D eigenvalue weighted by atomic mass is 16.3. The van der Waals surface area contributed by atoms with Crippen LogP contribution in [-0.4, -0.2) is 27.4 Å². The minimum absolute atomic E-state index is 0.0927. The normalized spacial score (nSPS) is 19.8. The molecule has 0 bridgehead atoms. The van der Waals surface area contributed by atoms with E-state index < -0.39 is 0 Å². The summed E-state index contributed by atoms with van der Waals surface area (Å²) in [7, 11) is 0. The van der Waals surface area contributed by atoms with E-state index in [0.29, 0.717) is 6.54 Å². The van der Waals surface area contributed by atoms with Crippen LogP contribution in [0.3, 0.4) is 0 Å². The van der Waals surface area contributed by atoms with E-state index >= 15 is 0 Å². The standard InChI is InChI=1S/C16H16N4O/c21-10-9-20-14-4-2-1-3-13(14)19-16(20)12-6-8-18-15-11(12)5-7-17-15/h1-8,15,17-18,21H,9-10H2. The Labute approximate surface area is 122 Å². The second kappa shape index (κ2) is 4.79. The minimum Gasteiger partial charge on any atom is -0.395 e. The first-order valence-electron chi connectivity index (χ1n) is 7.04. The van der Waals surface area contributed by atoms with Crippen LogP contribution in [0.4, 0.5) is 0 Å². The molecule has 1 atom stereocenters. The molecule has 0 fully saturated rings. The number of nitrogens with zero attached hydrogens (tertiary/aromatic N) is 2. The first-order valence-corrected chi connectivity index (χ1v) is 7.04. The van der Waals surface area contributed by atoms with E-state index in [1.165, 1.54) is 5.57 Å². The molecule has 3 heterocycles. The lowest BCUT2D eigenvalue weighted by molar-refractivity contribution is 0.277. The highest BCUT2D eigenvalue weighted by Gasteiger charge is 2.24. The fourth-order valence-corrected chi connectivity index (χ4v) is 2.94. The third kappa shape index (κ3) is 1.86. The number of imidazole rings is 1. The first-order chi connectivity index (χ1) is 10.4. The molecule has 2 aromatic rings. The zero-order chi connectivity index (χ0) is 14.2. The minimum atomic E-state index is 0.0927. The molecule has 21 heavy (non-hydrogen) atoms. The molecule has 106 valence electrons. The molecular weight excluding hydrogens is 264 g/mol. The van der Waals surface area contributed by atoms with E-state index in [0.717, 1.165) is 22.4 Å². The topological polar surface area (TPSA) is 62.1 Å². The van der Waals surface area contributed by atoms with E-state index in [2.05, 4.69) is 21.3 Å². The second-order valence-electron chi connectivity index (χ2n) is 5.10. The van der Waals surface area contributed by atoms with Crippen molar-refractivity contribution in [3.05, 3.63) is 60.2 Å². The average Bonchev–Trinajstić information content (AvgIpc) is 3.12. The summed E-state index contributed by atoms with van der Waals surface area (Å²) in [6, 6.07) is 8.02. The maximum absolute atomic E-state index is 9.39. The van der Waals surface area contributed by atoms with Gasteiger partial charge in [-0.15, -0.1) is 0 Å². The van der Waals surface area contributed by atoms with Crippen molar-refractivity contribution >= 4 is 16.6 Å². The van der Waals surface area contributed by atoms with Gasteiger partial charge in [0.25, 0.3) is 0 Å². The monoisotopic (exact) mass is 280 g/mol. The Morgan fingerprint density at radius 1 is 1.14 bits per heavy atom. The molecule has 5 heteroatoms. The lowest BCUT2D eigenvalue weighted by Crippen LogP contribution is -2.36. The van der Waals surface area contributed by atoms with Crippen molar-refractivity contribution in [3.8, 4) is 0 Å². The molecule has 0 radical (unpaired) electrons. The molecule has 0 aliphatic carbocycles. The fraction of sp³-hybridized carbons (Fsp3) is 0.188. The van der Waals surface area contributed by atoms with Crippen LogP contribution in [0.15, 0.2) is 54.4 Å². The van der Waals surface area contributed by atoms with Crippen LogP contribution in [0.1, 0.15) is 5.82 Å². The fourth-order valence-electron chi connectivity index (χ4n) is 2.94.